The number of nitrogens with zero attached hydrogens (tertiary/aromatic N) is 2. The van der Waals surface area contributed by atoms with E-state index in [1.54, 1.807) is 0 Å². The zero-order chi connectivity index (χ0) is 28.0. The maximum absolute atomic E-state index is 6.02. The fraction of sp³-hybridized carbons (Fsp3) is 0.0769. The van der Waals surface area contributed by atoms with Crippen molar-refractivity contribution in [3.8, 4) is 33.5 Å². The predicted molar refractivity (Wildman–Crippen MR) is 173 cm³/mol. The van der Waals surface area contributed by atoms with Gasteiger partial charge in [0.1, 0.15) is 11.2 Å². The van der Waals surface area contributed by atoms with Gasteiger partial charge in [-0.15, -0.1) is 0 Å². The maximum atomic E-state index is 6.02. The average Bonchev–Trinajstić information content (AvgIpc) is 3.51. The highest BCUT2D eigenvalue weighted by atomic mass is 16.3. The third-order valence-electron chi connectivity index (χ3n) is 9.02. The highest BCUT2D eigenvalue weighted by Gasteiger charge is 2.37. The van der Waals surface area contributed by atoms with Crippen molar-refractivity contribution >= 4 is 43.7 Å². The van der Waals surface area contributed by atoms with Crippen molar-refractivity contribution in [2.24, 2.45) is 0 Å². The number of benzene rings is 5. The highest BCUT2D eigenvalue weighted by molar-refractivity contribution is 6.07. The molecule has 0 saturated heterocycles. The SMILES string of the molecule is CC1(C)c2ccccc2-c2cc3ccc4ccc(-c5ccc(-c6ccc7oc8ccccc8c7c6)cc5)nc4c3nc21. The van der Waals surface area contributed by atoms with Gasteiger partial charge in [-0.3, -0.25) is 0 Å². The van der Waals surface area contributed by atoms with Crippen LogP contribution in [0.15, 0.2) is 126 Å². The molecule has 0 spiro atoms. The number of hydrogen-bond donors (Lipinski definition) is 0. The van der Waals surface area contributed by atoms with E-state index < -0.39 is 0 Å². The lowest BCUT2D eigenvalue weighted by Crippen LogP contribution is -2.16. The summed E-state index contributed by atoms with van der Waals surface area (Å²) in [7, 11) is 0. The normalized spacial score (nSPS) is 13.7. The minimum Gasteiger partial charge on any atom is -0.456 e. The van der Waals surface area contributed by atoms with Gasteiger partial charge < -0.3 is 4.42 Å². The molecule has 0 radical (unpaired) electrons. The molecule has 0 atom stereocenters. The standard InChI is InChI=1S/C39H26N2O/c1-39(2)32-9-5-3-7-28(32)31-22-27-16-15-25-17-19-33(40-36(25)37(27)41-38(31)39)24-13-11-23(12-14-24)26-18-20-35-30(21-26)29-8-4-6-10-34(29)42-35/h3-22H,1-2H3. The number of fused-ring (bicyclic) bond motifs is 9. The van der Waals surface area contributed by atoms with E-state index in [1.165, 1.54) is 22.3 Å². The number of hydrogen-bond acceptors (Lipinski definition) is 3. The topological polar surface area (TPSA) is 38.9 Å². The predicted octanol–water partition coefficient (Wildman–Crippen LogP) is 10.3. The first-order valence-corrected chi connectivity index (χ1v) is 14.4. The van der Waals surface area contributed by atoms with E-state index in [0.717, 1.165) is 66.3 Å². The van der Waals surface area contributed by atoms with E-state index >= 15 is 0 Å². The molecular formula is C39H26N2O. The van der Waals surface area contributed by atoms with Gasteiger partial charge in [0.2, 0.25) is 0 Å². The van der Waals surface area contributed by atoms with E-state index in [4.69, 9.17) is 14.4 Å². The fourth-order valence-corrected chi connectivity index (χ4v) is 6.79. The zero-order valence-corrected chi connectivity index (χ0v) is 23.3. The van der Waals surface area contributed by atoms with E-state index in [0.29, 0.717) is 0 Å². The number of pyridine rings is 2. The van der Waals surface area contributed by atoms with Gasteiger partial charge in [0.15, 0.2) is 0 Å². The quantitative estimate of drug-likeness (QED) is 0.206. The first-order valence-electron chi connectivity index (χ1n) is 14.4. The van der Waals surface area contributed by atoms with E-state index in [2.05, 4.69) is 123 Å². The van der Waals surface area contributed by atoms with Crippen LogP contribution in [0.25, 0.3) is 77.3 Å². The van der Waals surface area contributed by atoms with Crippen molar-refractivity contribution in [1.29, 1.82) is 0 Å². The van der Waals surface area contributed by atoms with Gasteiger partial charge in [-0.2, -0.15) is 0 Å². The Hall–Kier alpha value is -5.28. The van der Waals surface area contributed by atoms with Crippen molar-refractivity contribution in [2.45, 2.75) is 19.3 Å². The molecule has 3 heterocycles. The van der Waals surface area contributed by atoms with Gasteiger partial charge in [-0.05, 0) is 52.6 Å². The van der Waals surface area contributed by atoms with E-state index in [9.17, 15) is 0 Å². The second kappa shape index (κ2) is 8.37. The summed E-state index contributed by atoms with van der Waals surface area (Å²) in [5.74, 6) is 0. The van der Waals surface area contributed by atoms with Crippen LogP contribution in [0.1, 0.15) is 25.1 Å². The summed E-state index contributed by atoms with van der Waals surface area (Å²) in [6, 6.07) is 42.9. The molecule has 3 aromatic heterocycles. The molecule has 3 heteroatoms. The molecule has 5 aromatic carbocycles. The molecule has 0 bridgehead atoms. The summed E-state index contributed by atoms with van der Waals surface area (Å²) >= 11 is 0. The minimum absolute atomic E-state index is 0.151. The maximum Gasteiger partial charge on any atom is 0.135 e. The van der Waals surface area contributed by atoms with Gasteiger partial charge in [-0.25, -0.2) is 9.97 Å². The molecule has 0 saturated carbocycles. The average molecular weight is 539 g/mol. The highest BCUT2D eigenvalue weighted by Crippen LogP contribution is 2.48. The van der Waals surface area contributed by atoms with Crippen molar-refractivity contribution in [2.75, 3.05) is 0 Å². The summed E-state index contributed by atoms with van der Waals surface area (Å²) < 4.78 is 6.02. The van der Waals surface area contributed by atoms with Crippen molar-refractivity contribution in [1.82, 2.24) is 9.97 Å². The third kappa shape index (κ3) is 3.28. The lowest BCUT2D eigenvalue weighted by atomic mass is 9.85. The van der Waals surface area contributed by atoms with Crippen molar-refractivity contribution < 1.29 is 4.42 Å². The molecule has 0 amide bonds. The van der Waals surface area contributed by atoms with Crippen LogP contribution >= 0.6 is 0 Å². The largest absolute Gasteiger partial charge is 0.456 e. The lowest BCUT2D eigenvalue weighted by Gasteiger charge is -2.20. The number of furan rings is 1. The van der Waals surface area contributed by atoms with Crippen LogP contribution < -0.4 is 0 Å². The smallest absolute Gasteiger partial charge is 0.135 e. The van der Waals surface area contributed by atoms with Crippen LogP contribution in [0.5, 0.6) is 0 Å². The molecule has 3 nitrogen and oxygen atoms in total. The van der Waals surface area contributed by atoms with E-state index in [-0.39, 0.29) is 5.41 Å². The summed E-state index contributed by atoms with van der Waals surface area (Å²) in [5, 5.41) is 4.51. The van der Waals surface area contributed by atoms with Gasteiger partial charge in [0.05, 0.1) is 22.4 Å². The molecule has 9 rings (SSSR count). The molecule has 0 aliphatic heterocycles. The van der Waals surface area contributed by atoms with Crippen LogP contribution in [0.2, 0.25) is 0 Å². The van der Waals surface area contributed by atoms with Crippen LogP contribution in [0.4, 0.5) is 0 Å². The van der Waals surface area contributed by atoms with Gasteiger partial charge in [0, 0.05) is 38.1 Å². The first kappa shape index (κ1) is 23.4. The van der Waals surface area contributed by atoms with Crippen LogP contribution in [0, 0.1) is 0 Å². The second-order valence-corrected chi connectivity index (χ2v) is 11.8. The van der Waals surface area contributed by atoms with Gasteiger partial charge >= 0.3 is 0 Å². The van der Waals surface area contributed by atoms with Crippen molar-refractivity contribution in [3.63, 3.8) is 0 Å². The summed E-state index contributed by atoms with van der Waals surface area (Å²) in [4.78, 5) is 10.5. The van der Waals surface area contributed by atoms with Gasteiger partial charge in [0.25, 0.3) is 0 Å². The summed E-state index contributed by atoms with van der Waals surface area (Å²) in [5.41, 5.74) is 12.9. The number of para-hydroxylation sites is 1. The molecule has 0 N–H and O–H groups in total. The molecule has 1 aliphatic carbocycles. The zero-order valence-electron chi connectivity index (χ0n) is 23.3. The summed E-state index contributed by atoms with van der Waals surface area (Å²) in [6.45, 7) is 4.55. The minimum atomic E-state index is -0.151. The Balaban J connectivity index is 1.13. The Kier molecular flexibility index (Phi) is 4.67. The Labute approximate surface area is 243 Å². The van der Waals surface area contributed by atoms with Gasteiger partial charge in [-0.1, -0.05) is 105 Å². The van der Waals surface area contributed by atoms with E-state index in [1.807, 2.05) is 12.1 Å². The molecule has 0 fully saturated rings. The molecule has 8 aromatic rings. The van der Waals surface area contributed by atoms with Crippen LogP contribution in [-0.4, -0.2) is 9.97 Å². The Morgan fingerprint density at radius 1 is 0.524 bits per heavy atom. The first-order chi connectivity index (χ1) is 20.5. The number of aromatic nitrogens is 2. The molecular weight excluding hydrogens is 512 g/mol. The Bertz CT molecular complexity index is 2380. The lowest BCUT2D eigenvalue weighted by molar-refractivity contribution is 0.640. The van der Waals surface area contributed by atoms with Crippen LogP contribution in [-0.2, 0) is 5.41 Å². The monoisotopic (exact) mass is 538 g/mol. The Morgan fingerprint density at radius 2 is 1.21 bits per heavy atom. The third-order valence-corrected chi connectivity index (χ3v) is 9.02. The second-order valence-electron chi connectivity index (χ2n) is 11.8. The fourth-order valence-electron chi connectivity index (χ4n) is 6.79. The number of rotatable bonds is 2. The molecule has 42 heavy (non-hydrogen) atoms. The van der Waals surface area contributed by atoms with Crippen LogP contribution in [0.3, 0.4) is 0 Å². The summed E-state index contributed by atoms with van der Waals surface area (Å²) in [6.07, 6.45) is 0. The molecule has 198 valence electrons. The Morgan fingerprint density at radius 3 is 2.12 bits per heavy atom. The van der Waals surface area contributed by atoms with Crippen molar-refractivity contribution in [3.05, 3.63) is 133 Å². The molecule has 1 aliphatic rings. The molecule has 0 unspecified atom stereocenters.